The molecule has 1 unspecified atom stereocenters. The minimum Gasteiger partial charge on any atom is -0.496 e. The number of anilines is 1. The van der Waals surface area contributed by atoms with E-state index in [1.165, 1.54) is 0 Å². The van der Waals surface area contributed by atoms with E-state index in [2.05, 4.69) is 21.2 Å². The van der Waals surface area contributed by atoms with Crippen molar-refractivity contribution in [1.82, 2.24) is 0 Å². The molecule has 2 aromatic rings. The maximum atomic E-state index is 12.6. The SMILES string of the molecule is COc1ccc(Br)cc1CC(=O)C1CNc2ccccc21. The number of para-hydroxylation sites is 1. The number of benzene rings is 2. The average molecular weight is 346 g/mol. The van der Waals surface area contributed by atoms with Crippen molar-refractivity contribution >= 4 is 27.4 Å². The molecular formula is C17H16BrNO2. The Bertz CT molecular complexity index is 684. The lowest BCUT2D eigenvalue weighted by Crippen LogP contribution is -2.17. The molecule has 21 heavy (non-hydrogen) atoms. The first-order valence-corrected chi connectivity index (χ1v) is 7.66. The number of ether oxygens (including phenoxy) is 1. The normalized spacial score (nSPS) is 16.2. The quantitative estimate of drug-likeness (QED) is 0.916. The van der Waals surface area contributed by atoms with Gasteiger partial charge in [-0.25, -0.2) is 0 Å². The summed E-state index contributed by atoms with van der Waals surface area (Å²) in [5.41, 5.74) is 3.08. The van der Waals surface area contributed by atoms with Crippen LogP contribution in [0.2, 0.25) is 0 Å². The molecule has 0 amide bonds. The van der Waals surface area contributed by atoms with Crippen LogP contribution in [-0.4, -0.2) is 19.4 Å². The van der Waals surface area contributed by atoms with E-state index in [4.69, 9.17) is 4.74 Å². The highest BCUT2D eigenvalue weighted by Crippen LogP contribution is 2.33. The summed E-state index contributed by atoms with van der Waals surface area (Å²) in [4.78, 5) is 12.6. The number of Topliss-reactive ketones (excluding diaryl/α,β-unsaturated/α-hetero) is 1. The highest BCUT2D eigenvalue weighted by molar-refractivity contribution is 9.10. The van der Waals surface area contributed by atoms with E-state index in [0.29, 0.717) is 13.0 Å². The number of carbonyl (C=O) groups excluding carboxylic acids is 1. The number of rotatable bonds is 4. The third kappa shape index (κ3) is 2.81. The van der Waals surface area contributed by atoms with Gasteiger partial charge < -0.3 is 10.1 Å². The van der Waals surface area contributed by atoms with Crippen LogP contribution in [0.4, 0.5) is 5.69 Å². The Kier molecular flexibility index (Phi) is 3.97. The molecule has 0 fully saturated rings. The number of halogens is 1. The largest absolute Gasteiger partial charge is 0.496 e. The molecule has 0 saturated heterocycles. The summed E-state index contributed by atoms with van der Waals surface area (Å²) in [5, 5.41) is 3.30. The van der Waals surface area contributed by atoms with Crippen LogP contribution in [0.25, 0.3) is 0 Å². The molecule has 1 aliphatic heterocycles. The molecule has 2 aromatic carbocycles. The van der Waals surface area contributed by atoms with Crippen LogP contribution < -0.4 is 10.1 Å². The molecule has 3 nitrogen and oxygen atoms in total. The zero-order valence-electron chi connectivity index (χ0n) is 11.7. The predicted octanol–water partition coefficient (Wildman–Crippen LogP) is 3.78. The summed E-state index contributed by atoms with van der Waals surface area (Å²) in [6.45, 7) is 0.675. The maximum absolute atomic E-state index is 12.6. The summed E-state index contributed by atoms with van der Waals surface area (Å²) < 4.78 is 6.30. The second-order valence-electron chi connectivity index (χ2n) is 5.12. The van der Waals surface area contributed by atoms with Gasteiger partial charge in [0.2, 0.25) is 0 Å². The van der Waals surface area contributed by atoms with Crippen LogP contribution >= 0.6 is 15.9 Å². The number of ketones is 1. The Labute approximate surface area is 132 Å². The van der Waals surface area contributed by atoms with Gasteiger partial charge in [0.25, 0.3) is 0 Å². The second kappa shape index (κ2) is 5.90. The first-order chi connectivity index (χ1) is 10.2. The van der Waals surface area contributed by atoms with Crippen molar-refractivity contribution in [3.63, 3.8) is 0 Å². The molecule has 0 radical (unpaired) electrons. The molecule has 0 aromatic heterocycles. The minimum atomic E-state index is -0.0788. The number of methoxy groups -OCH3 is 1. The molecule has 0 spiro atoms. The van der Waals surface area contributed by atoms with E-state index in [1.807, 2.05) is 42.5 Å². The minimum absolute atomic E-state index is 0.0788. The van der Waals surface area contributed by atoms with E-state index in [9.17, 15) is 4.79 Å². The zero-order valence-corrected chi connectivity index (χ0v) is 13.3. The van der Waals surface area contributed by atoms with Gasteiger partial charge in [0, 0.05) is 28.7 Å². The Morgan fingerprint density at radius 3 is 2.95 bits per heavy atom. The topological polar surface area (TPSA) is 38.3 Å². The van der Waals surface area contributed by atoms with Crippen molar-refractivity contribution in [1.29, 1.82) is 0 Å². The van der Waals surface area contributed by atoms with E-state index in [-0.39, 0.29) is 11.7 Å². The number of hydrogen-bond acceptors (Lipinski definition) is 3. The van der Waals surface area contributed by atoms with Gasteiger partial charge in [-0.05, 0) is 29.8 Å². The molecule has 1 atom stereocenters. The van der Waals surface area contributed by atoms with Crippen LogP contribution in [0.15, 0.2) is 46.9 Å². The van der Waals surface area contributed by atoms with Gasteiger partial charge in [0.05, 0.1) is 13.0 Å². The Balaban J connectivity index is 1.83. The molecule has 0 saturated carbocycles. The summed E-state index contributed by atoms with van der Waals surface area (Å²) in [5.74, 6) is 0.888. The second-order valence-corrected chi connectivity index (χ2v) is 6.04. The van der Waals surface area contributed by atoms with Gasteiger partial charge in [-0.15, -0.1) is 0 Å². The fourth-order valence-corrected chi connectivity index (χ4v) is 3.18. The molecular weight excluding hydrogens is 330 g/mol. The average Bonchev–Trinajstić information content (AvgIpc) is 2.91. The zero-order chi connectivity index (χ0) is 14.8. The fraction of sp³-hybridized carbons (Fsp3) is 0.235. The number of carbonyl (C=O) groups is 1. The highest BCUT2D eigenvalue weighted by Gasteiger charge is 2.28. The lowest BCUT2D eigenvalue weighted by molar-refractivity contribution is -0.119. The summed E-state index contributed by atoms with van der Waals surface area (Å²) >= 11 is 3.45. The monoisotopic (exact) mass is 345 g/mol. The molecule has 0 aliphatic carbocycles. The van der Waals surface area contributed by atoms with E-state index in [1.54, 1.807) is 7.11 Å². The van der Waals surface area contributed by atoms with Crippen molar-refractivity contribution in [3.8, 4) is 5.75 Å². The van der Waals surface area contributed by atoms with Gasteiger partial charge in [-0.2, -0.15) is 0 Å². The molecule has 1 heterocycles. The molecule has 4 heteroatoms. The van der Waals surface area contributed by atoms with Gasteiger partial charge in [0.15, 0.2) is 0 Å². The third-order valence-corrected chi connectivity index (χ3v) is 4.32. The number of fused-ring (bicyclic) bond motifs is 1. The van der Waals surface area contributed by atoms with Gasteiger partial charge in [0.1, 0.15) is 11.5 Å². The molecule has 1 N–H and O–H groups in total. The van der Waals surface area contributed by atoms with Crippen LogP contribution in [0.5, 0.6) is 5.75 Å². The summed E-state index contributed by atoms with van der Waals surface area (Å²) in [6.07, 6.45) is 0.378. The van der Waals surface area contributed by atoms with Crippen LogP contribution in [0.1, 0.15) is 17.0 Å². The summed E-state index contributed by atoms with van der Waals surface area (Å²) in [6, 6.07) is 13.7. The molecule has 108 valence electrons. The lowest BCUT2D eigenvalue weighted by atomic mass is 9.92. The molecule has 0 bridgehead atoms. The number of nitrogens with one attached hydrogen (secondary N) is 1. The van der Waals surface area contributed by atoms with E-state index >= 15 is 0 Å². The van der Waals surface area contributed by atoms with Gasteiger partial charge >= 0.3 is 0 Å². The van der Waals surface area contributed by atoms with Gasteiger partial charge in [-0.1, -0.05) is 34.1 Å². The van der Waals surface area contributed by atoms with Crippen molar-refractivity contribution in [2.75, 3.05) is 19.0 Å². The first kappa shape index (κ1) is 14.1. The van der Waals surface area contributed by atoms with Crippen LogP contribution in [0.3, 0.4) is 0 Å². The Morgan fingerprint density at radius 1 is 1.33 bits per heavy atom. The third-order valence-electron chi connectivity index (χ3n) is 3.83. The first-order valence-electron chi connectivity index (χ1n) is 6.87. The standard InChI is InChI=1S/C17H16BrNO2/c1-21-17-7-6-12(18)8-11(17)9-16(20)14-10-19-15-5-3-2-4-13(14)15/h2-8,14,19H,9-10H2,1H3. The highest BCUT2D eigenvalue weighted by atomic mass is 79.9. The molecule has 3 rings (SSSR count). The van der Waals surface area contributed by atoms with Crippen LogP contribution in [-0.2, 0) is 11.2 Å². The Hall–Kier alpha value is -1.81. The van der Waals surface area contributed by atoms with E-state index in [0.717, 1.165) is 27.0 Å². The smallest absolute Gasteiger partial charge is 0.146 e. The number of hydrogen-bond donors (Lipinski definition) is 1. The van der Waals surface area contributed by atoms with Crippen molar-refractivity contribution in [3.05, 3.63) is 58.1 Å². The van der Waals surface area contributed by atoms with Gasteiger partial charge in [-0.3, -0.25) is 4.79 Å². The molecule has 1 aliphatic rings. The van der Waals surface area contributed by atoms with Crippen molar-refractivity contribution < 1.29 is 9.53 Å². The van der Waals surface area contributed by atoms with Crippen LogP contribution in [0, 0.1) is 0 Å². The Morgan fingerprint density at radius 2 is 2.14 bits per heavy atom. The van der Waals surface area contributed by atoms with Crippen molar-refractivity contribution in [2.24, 2.45) is 0 Å². The fourth-order valence-electron chi connectivity index (χ4n) is 2.77. The van der Waals surface area contributed by atoms with Crippen molar-refractivity contribution in [2.45, 2.75) is 12.3 Å². The summed E-state index contributed by atoms with van der Waals surface area (Å²) in [7, 11) is 1.63. The maximum Gasteiger partial charge on any atom is 0.146 e. The lowest BCUT2D eigenvalue weighted by Gasteiger charge is -2.12. The predicted molar refractivity (Wildman–Crippen MR) is 87.1 cm³/mol. The van der Waals surface area contributed by atoms with E-state index < -0.39 is 0 Å².